The molecule has 0 aliphatic rings. The van der Waals surface area contributed by atoms with Crippen molar-refractivity contribution in [2.45, 2.75) is 38.8 Å². The Morgan fingerprint density at radius 3 is 2.19 bits per heavy atom. The zero-order chi connectivity index (χ0) is 19.7. The van der Waals surface area contributed by atoms with E-state index < -0.39 is 11.6 Å². The number of hydroxylamine groups is 1. The minimum absolute atomic E-state index is 0.253. The predicted molar refractivity (Wildman–Crippen MR) is 105 cm³/mol. The summed E-state index contributed by atoms with van der Waals surface area (Å²) in [6.07, 6.45) is 2.17. The Morgan fingerprint density at radius 2 is 1.63 bits per heavy atom. The molecule has 5 heteroatoms. The van der Waals surface area contributed by atoms with Crippen molar-refractivity contribution < 1.29 is 19.1 Å². The molecule has 0 aromatic heterocycles. The third-order valence-electron chi connectivity index (χ3n) is 3.56. The van der Waals surface area contributed by atoms with Crippen molar-refractivity contribution in [3.63, 3.8) is 0 Å². The standard InChI is InChI=1S/C22H27NO4/c1-22(2,3)26-21(24)19(15-17-11-7-5-8-12-17)23-27-20(25-4)16-18-13-9-6-10-14-18/h5-14,16,19,23H,15H2,1-4H3/b20-16+. The molecule has 2 rings (SSSR count). The highest BCUT2D eigenvalue weighted by molar-refractivity contribution is 5.76. The minimum Gasteiger partial charge on any atom is -0.468 e. The number of esters is 1. The molecule has 0 saturated carbocycles. The number of ether oxygens (including phenoxy) is 2. The summed E-state index contributed by atoms with van der Waals surface area (Å²) in [5, 5.41) is 0. The molecule has 2 aromatic carbocycles. The van der Waals surface area contributed by atoms with Gasteiger partial charge in [0.05, 0.1) is 7.11 Å². The van der Waals surface area contributed by atoms with Crippen molar-refractivity contribution in [2.24, 2.45) is 0 Å². The van der Waals surface area contributed by atoms with Gasteiger partial charge in [0, 0.05) is 12.5 Å². The Balaban J connectivity index is 2.10. The second-order valence-corrected chi connectivity index (χ2v) is 7.07. The summed E-state index contributed by atoms with van der Waals surface area (Å²) in [5.74, 6) is -0.135. The molecule has 0 heterocycles. The van der Waals surface area contributed by atoms with E-state index in [4.69, 9.17) is 14.3 Å². The fraction of sp³-hybridized carbons (Fsp3) is 0.318. The van der Waals surface area contributed by atoms with Crippen LogP contribution in [-0.2, 0) is 25.5 Å². The van der Waals surface area contributed by atoms with E-state index in [1.54, 1.807) is 6.08 Å². The highest BCUT2D eigenvalue weighted by atomic mass is 16.8. The van der Waals surface area contributed by atoms with Crippen molar-refractivity contribution in [3.05, 3.63) is 77.7 Å². The third-order valence-corrected chi connectivity index (χ3v) is 3.56. The number of methoxy groups -OCH3 is 1. The molecule has 1 unspecified atom stereocenters. The number of benzene rings is 2. The highest BCUT2D eigenvalue weighted by Crippen LogP contribution is 2.13. The van der Waals surface area contributed by atoms with Crippen LogP contribution in [-0.4, -0.2) is 24.7 Å². The van der Waals surface area contributed by atoms with Crippen LogP contribution < -0.4 is 5.48 Å². The van der Waals surface area contributed by atoms with Crippen LogP contribution in [0.2, 0.25) is 0 Å². The van der Waals surface area contributed by atoms with Crippen LogP contribution in [0.3, 0.4) is 0 Å². The quantitative estimate of drug-likeness (QED) is 0.431. The van der Waals surface area contributed by atoms with Gasteiger partial charge in [0.1, 0.15) is 11.6 Å². The number of hydrogen-bond acceptors (Lipinski definition) is 5. The Kier molecular flexibility index (Phi) is 7.44. The Morgan fingerprint density at radius 1 is 1.04 bits per heavy atom. The van der Waals surface area contributed by atoms with Crippen molar-refractivity contribution in [2.75, 3.05) is 7.11 Å². The Hall–Kier alpha value is -2.79. The molecule has 0 aliphatic carbocycles. The fourth-order valence-electron chi connectivity index (χ4n) is 2.34. The van der Waals surface area contributed by atoms with Crippen LogP contribution in [0.25, 0.3) is 6.08 Å². The zero-order valence-corrected chi connectivity index (χ0v) is 16.3. The van der Waals surface area contributed by atoms with Crippen LogP contribution in [0.1, 0.15) is 31.9 Å². The lowest BCUT2D eigenvalue weighted by atomic mass is 10.1. The SMILES string of the molecule is CO/C(=C\c1ccccc1)ONC(Cc1ccccc1)C(=O)OC(C)(C)C. The van der Waals surface area contributed by atoms with Gasteiger partial charge in [0.2, 0.25) is 0 Å². The second kappa shape index (κ2) is 9.78. The van der Waals surface area contributed by atoms with Crippen molar-refractivity contribution in [1.29, 1.82) is 0 Å². The van der Waals surface area contributed by atoms with Crippen LogP contribution in [0, 0.1) is 0 Å². The monoisotopic (exact) mass is 369 g/mol. The maximum absolute atomic E-state index is 12.6. The summed E-state index contributed by atoms with van der Waals surface area (Å²) in [6, 6.07) is 18.7. The highest BCUT2D eigenvalue weighted by Gasteiger charge is 2.26. The molecule has 0 saturated heterocycles. The maximum atomic E-state index is 12.6. The molecule has 0 bridgehead atoms. The van der Waals surface area contributed by atoms with E-state index in [-0.39, 0.29) is 11.9 Å². The summed E-state index contributed by atoms with van der Waals surface area (Å²) in [6.45, 7) is 5.50. The average molecular weight is 369 g/mol. The van der Waals surface area contributed by atoms with Gasteiger partial charge in [0.25, 0.3) is 5.95 Å². The molecular formula is C22H27NO4. The lowest BCUT2D eigenvalue weighted by molar-refractivity contribution is -0.162. The van der Waals surface area contributed by atoms with E-state index in [9.17, 15) is 4.79 Å². The molecule has 0 fully saturated rings. The van der Waals surface area contributed by atoms with Gasteiger partial charge in [-0.1, -0.05) is 60.7 Å². The molecule has 1 atom stereocenters. The second-order valence-electron chi connectivity index (χ2n) is 7.07. The summed E-state index contributed by atoms with van der Waals surface area (Å²) < 4.78 is 10.8. The minimum atomic E-state index is -0.680. The van der Waals surface area contributed by atoms with Gasteiger partial charge < -0.3 is 14.3 Å². The summed E-state index contributed by atoms with van der Waals surface area (Å²) in [7, 11) is 1.51. The van der Waals surface area contributed by atoms with Gasteiger partial charge in [-0.15, -0.1) is 5.48 Å². The van der Waals surface area contributed by atoms with E-state index in [1.807, 2.05) is 81.4 Å². The van der Waals surface area contributed by atoms with E-state index in [0.29, 0.717) is 6.42 Å². The van der Waals surface area contributed by atoms with E-state index in [0.717, 1.165) is 11.1 Å². The van der Waals surface area contributed by atoms with E-state index in [2.05, 4.69) is 5.48 Å². The number of carbonyl (C=O) groups is 1. The Bertz CT molecular complexity index is 736. The molecule has 144 valence electrons. The van der Waals surface area contributed by atoms with Gasteiger partial charge in [-0.25, -0.2) is 0 Å². The van der Waals surface area contributed by atoms with Crippen molar-refractivity contribution >= 4 is 12.0 Å². The summed E-state index contributed by atoms with van der Waals surface area (Å²) in [5.41, 5.74) is 4.13. The number of hydrogen-bond donors (Lipinski definition) is 1. The number of nitrogens with one attached hydrogen (secondary N) is 1. The molecule has 0 spiro atoms. The first-order valence-corrected chi connectivity index (χ1v) is 8.87. The largest absolute Gasteiger partial charge is 0.468 e. The fourth-order valence-corrected chi connectivity index (χ4v) is 2.34. The number of rotatable bonds is 8. The first kappa shape index (κ1) is 20.5. The van der Waals surface area contributed by atoms with Crippen LogP contribution in [0.5, 0.6) is 0 Å². The molecule has 0 radical (unpaired) electrons. The van der Waals surface area contributed by atoms with Crippen LogP contribution in [0.4, 0.5) is 0 Å². The van der Waals surface area contributed by atoms with Crippen LogP contribution >= 0.6 is 0 Å². The predicted octanol–water partition coefficient (Wildman–Crippen LogP) is 4.11. The zero-order valence-electron chi connectivity index (χ0n) is 16.3. The van der Waals surface area contributed by atoms with E-state index >= 15 is 0 Å². The molecule has 0 amide bonds. The van der Waals surface area contributed by atoms with Gasteiger partial charge in [-0.3, -0.25) is 4.79 Å². The first-order chi connectivity index (χ1) is 12.9. The van der Waals surface area contributed by atoms with Gasteiger partial charge in [0.15, 0.2) is 0 Å². The molecule has 27 heavy (non-hydrogen) atoms. The molecule has 0 aliphatic heterocycles. The average Bonchev–Trinajstić information content (AvgIpc) is 2.64. The summed E-state index contributed by atoms with van der Waals surface area (Å²) >= 11 is 0. The van der Waals surface area contributed by atoms with Gasteiger partial charge in [-0.2, -0.15) is 0 Å². The number of carbonyl (C=O) groups excluding carboxylic acids is 1. The molecule has 2 aromatic rings. The lowest BCUT2D eigenvalue weighted by Gasteiger charge is -2.24. The third kappa shape index (κ3) is 7.54. The molecular weight excluding hydrogens is 342 g/mol. The molecule has 5 nitrogen and oxygen atoms in total. The smallest absolute Gasteiger partial charge is 0.327 e. The lowest BCUT2D eigenvalue weighted by Crippen LogP contribution is -2.42. The van der Waals surface area contributed by atoms with Crippen LogP contribution in [0.15, 0.2) is 66.6 Å². The maximum Gasteiger partial charge on any atom is 0.327 e. The molecule has 1 N–H and O–H groups in total. The van der Waals surface area contributed by atoms with Gasteiger partial charge >= 0.3 is 5.97 Å². The van der Waals surface area contributed by atoms with Crippen molar-refractivity contribution in [1.82, 2.24) is 5.48 Å². The Labute approximate surface area is 160 Å². The van der Waals surface area contributed by atoms with Gasteiger partial charge in [-0.05, 0) is 31.9 Å². The first-order valence-electron chi connectivity index (χ1n) is 8.87. The topological polar surface area (TPSA) is 56.8 Å². The normalized spacial score (nSPS) is 13.0. The van der Waals surface area contributed by atoms with E-state index in [1.165, 1.54) is 7.11 Å². The summed E-state index contributed by atoms with van der Waals surface area (Å²) in [4.78, 5) is 18.2. The van der Waals surface area contributed by atoms with Crippen molar-refractivity contribution in [3.8, 4) is 0 Å².